The molecule has 1 atom stereocenters. The first-order valence-corrected chi connectivity index (χ1v) is 13.0. The van der Waals surface area contributed by atoms with Gasteiger partial charge in [-0.15, -0.1) is 0 Å². The van der Waals surface area contributed by atoms with E-state index < -0.39 is 28.5 Å². The lowest BCUT2D eigenvalue weighted by atomic mass is 10.0. The maximum absolute atomic E-state index is 13.5. The number of rotatable bonds is 10. The Bertz CT molecular complexity index is 1050. The number of likely N-dealkylation sites (N-methyl/N-ethyl adjacent to an activating group) is 1. The quantitative estimate of drug-likeness (QED) is 0.545. The molecule has 180 valence electrons. The van der Waals surface area contributed by atoms with Crippen LogP contribution in [-0.2, 0) is 26.2 Å². The summed E-state index contributed by atoms with van der Waals surface area (Å²) in [7, 11) is -2.24. The Balaban J connectivity index is 2.40. The number of carbonyl (C=O) groups is 2. The van der Waals surface area contributed by atoms with Crippen molar-refractivity contribution in [2.24, 2.45) is 0 Å². The van der Waals surface area contributed by atoms with E-state index in [2.05, 4.69) is 5.32 Å². The van der Waals surface area contributed by atoms with Gasteiger partial charge in [0.15, 0.2) is 0 Å². The minimum absolute atomic E-state index is 0.145. The number of sulfonamides is 1. The maximum atomic E-state index is 13.5. The molecule has 2 rings (SSSR count). The van der Waals surface area contributed by atoms with Crippen LogP contribution >= 0.6 is 11.6 Å². The number of hydrogen-bond donors (Lipinski definition) is 1. The van der Waals surface area contributed by atoms with Crippen LogP contribution in [0.3, 0.4) is 0 Å². The Morgan fingerprint density at radius 3 is 2.06 bits per heavy atom. The van der Waals surface area contributed by atoms with E-state index >= 15 is 0 Å². The molecular weight excluding hydrogens is 462 g/mol. The lowest BCUT2D eigenvalue weighted by Gasteiger charge is -2.32. The van der Waals surface area contributed by atoms with Crippen LogP contribution in [-0.4, -0.2) is 51.0 Å². The van der Waals surface area contributed by atoms with Gasteiger partial charge in [0.05, 0.1) is 11.9 Å². The summed E-state index contributed by atoms with van der Waals surface area (Å²) in [6.45, 7) is 5.63. The lowest BCUT2D eigenvalue weighted by Crippen LogP contribution is -2.51. The minimum atomic E-state index is -3.75. The highest BCUT2D eigenvalue weighted by molar-refractivity contribution is 7.92. The Labute approximate surface area is 201 Å². The number of hydrogen-bond acceptors (Lipinski definition) is 4. The van der Waals surface area contributed by atoms with Gasteiger partial charge in [0.25, 0.3) is 0 Å². The molecule has 2 aromatic rings. The number of nitrogens with one attached hydrogen (secondary N) is 1. The molecule has 9 heteroatoms. The molecule has 0 fully saturated rings. The first-order chi connectivity index (χ1) is 15.5. The largest absolute Gasteiger partial charge is 0.357 e. The zero-order valence-electron chi connectivity index (χ0n) is 19.7. The smallest absolute Gasteiger partial charge is 0.244 e. The average molecular weight is 494 g/mol. The van der Waals surface area contributed by atoms with Crippen molar-refractivity contribution in [2.45, 2.75) is 45.7 Å². The van der Waals surface area contributed by atoms with Crippen LogP contribution in [0.2, 0.25) is 5.02 Å². The summed E-state index contributed by atoms with van der Waals surface area (Å²) in [5, 5.41) is 3.15. The van der Waals surface area contributed by atoms with Gasteiger partial charge in [-0.1, -0.05) is 56.6 Å². The van der Waals surface area contributed by atoms with Crippen molar-refractivity contribution in [1.82, 2.24) is 10.2 Å². The van der Waals surface area contributed by atoms with Gasteiger partial charge in [-0.2, -0.15) is 0 Å². The molecule has 0 unspecified atom stereocenters. The van der Waals surface area contributed by atoms with Crippen LogP contribution in [0.4, 0.5) is 5.69 Å². The summed E-state index contributed by atoms with van der Waals surface area (Å²) in [5.41, 5.74) is 2.24. The third-order valence-electron chi connectivity index (χ3n) is 5.43. The van der Waals surface area contributed by atoms with E-state index in [4.69, 9.17) is 11.6 Å². The Morgan fingerprint density at radius 2 is 1.61 bits per heavy atom. The van der Waals surface area contributed by atoms with Crippen molar-refractivity contribution in [3.8, 4) is 0 Å². The second-order valence-electron chi connectivity index (χ2n) is 8.20. The molecule has 0 aromatic heterocycles. The zero-order chi connectivity index (χ0) is 24.8. The normalized spacial score (nSPS) is 12.3. The first kappa shape index (κ1) is 26.7. The van der Waals surface area contributed by atoms with Crippen LogP contribution in [0, 0.1) is 0 Å². The topological polar surface area (TPSA) is 86.8 Å². The number of amides is 2. The number of halogens is 1. The standard InChI is InChI=1S/C24H32ClN3O4S/c1-6-22(24(30)26-4)27(15-18-7-11-20(25)12-8-18)23(29)16-28(33(5,31)32)21-13-9-19(10-14-21)17(2)3/h7-14,17,22H,6,15-16H2,1-5H3,(H,26,30)/t22-/m0/s1. The number of benzene rings is 2. The van der Waals surface area contributed by atoms with Crippen LogP contribution < -0.4 is 9.62 Å². The predicted molar refractivity (Wildman–Crippen MR) is 133 cm³/mol. The van der Waals surface area contributed by atoms with Gasteiger partial charge in [-0.3, -0.25) is 13.9 Å². The van der Waals surface area contributed by atoms with E-state index in [0.29, 0.717) is 23.0 Å². The Morgan fingerprint density at radius 1 is 1.03 bits per heavy atom. The molecule has 2 amide bonds. The minimum Gasteiger partial charge on any atom is -0.357 e. The lowest BCUT2D eigenvalue weighted by molar-refractivity contribution is -0.140. The van der Waals surface area contributed by atoms with E-state index in [0.717, 1.165) is 21.7 Å². The molecule has 2 aromatic carbocycles. The summed E-state index contributed by atoms with van der Waals surface area (Å²) >= 11 is 5.97. The molecule has 0 aliphatic carbocycles. The van der Waals surface area contributed by atoms with Gasteiger partial charge in [0.2, 0.25) is 21.8 Å². The molecule has 0 aliphatic heterocycles. The highest BCUT2D eigenvalue weighted by Gasteiger charge is 2.31. The van der Waals surface area contributed by atoms with E-state index in [1.165, 1.54) is 11.9 Å². The van der Waals surface area contributed by atoms with Gasteiger partial charge in [-0.25, -0.2) is 8.42 Å². The monoisotopic (exact) mass is 493 g/mol. The van der Waals surface area contributed by atoms with Gasteiger partial charge in [0.1, 0.15) is 12.6 Å². The van der Waals surface area contributed by atoms with Crippen molar-refractivity contribution in [3.05, 3.63) is 64.7 Å². The fourth-order valence-corrected chi connectivity index (χ4v) is 4.49. The Kier molecular flexibility index (Phi) is 9.31. The van der Waals surface area contributed by atoms with E-state index in [1.54, 1.807) is 43.3 Å². The second kappa shape index (κ2) is 11.5. The summed E-state index contributed by atoms with van der Waals surface area (Å²) in [6, 6.07) is 13.3. The molecule has 0 spiro atoms. The highest BCUT2D eigenvalue weighted by Crippen LogP contribution is 2.23. The van der Waals surface area contributed by atoms with Gasteiger partial charge < -0.3 is 10.2 Å². The summed E-state index contributed by atoms with van der Waals surface area (Å²) in [6.07, 6.45) is 1.44. The average Bonchev–Trinajstić information content (AvgIpc) is 2.77. The second-order valence-corrected chi connectivity index (χ2v) is 10.5. The molecule has 1 N–H and O–H groups in total. The molecule has 0 aliphatic rings. The van der Waals surface area contributed by atoms with Crippen LogP contribution in [0.25, 0.3) is 0 Å². The number of anilines is 1. The molecule has 7 nitrogen and oxygen atoms in total. The Hall–Kier alpha value is -2.58. The van der Waals surface area contributed by atoms with Gasteiger partial charge in [0, 0.05) is 18.6 Å². The zero-order valence-corrected chi connectivity index (χ0v) is 21.3. The highest BCUT2D eigenvalue weighted by atomic mass is 35.5. The molecule has 33 heavy (non-hydrogen) atoms. The van der Waals surface area contributed by atoms with Crippen LogP contribution in [0.15, 0.2) is 48.5 Å². The van der Waals surface area contributed by atoms with Crippen molar-refractivity contribution in [1.29, 1.82) is 0 Å². The first-order valence-electron chi connectivity index (χ1n) is 10.8. The fraction of sp³-hybridized carbons (Fsp3) is 0.417. The summed E-state index contributed by atoms with van der Waals surface area (Å²) in [4.78, 5) is 27.4. The fourth-order valence-electron chi connectivity index (χ4n) is 3.51. The van der Waals surface area contributed by atoms with Gasteiger partial charge >= 0.3 is 0 Å². The predicted octanol–water partition coefficient (Wildman–Crippen LogP) is 3.78. The van der Waals surface area contributed by atoms with E-state index in [-0.39, 0.29) is 12.5 Å². The third-order valence-corrected chi connectivity index (χ3v) is 6.82. The van der Waals surface area contributed by atoms with Crippen molar-refractivity contribution in [3.63, 3.8) is 0 Å². The van der Waals surface area contributed by atoms with Crippen molar-refractivity contribution >= 4 is 39.1 Å². The van der Waals surface area contributed by atoms with Crippen LogP contribution in [0.1, 0.15) is 44.2 Å². The molecule has 0 heterocycles. The third kappa shape index (κ3) is 7.20. The van der Waals surface area contributed by atoms with Crippen molar-refractivity contribution < 1.29 is 18.0 Å². The summed E-state index contributed by atoms with van der Waals surface area (Å²) < 4.78 is 26.3. The molecule has 0 radical (unpaired) electrons. The SMILES string of the molecule is CC[C@@H](C(=O)NC)N(Cc1ccc(Cl)cc1)C(=O)CN(c1ccc(C(C)C)cc1)S(C)(=O)=O. The summed E-state index contributed by atoms with van der Waals surface area (Å²) in [5.74, 6) is -0.495. The number of nitrogens with zero attached hydrogens (tertiary/aromatic N) is 2. The maximum Gasteiger partial charge on any atom is 0.244 e. The molecule has 0 saturated carbocycles. The van der Waals surface area contributed by atoms with Crippen molar-refractivity contribution in [2.75, 3.05) is 24.2 Å². The van der Waals surface area contributed by atoms with Gasteiger partial charge in [-0.05, 0) is 47.7 Å². The molecule has 0 saturated heterocycles. The molecule has 0 bridgehead atoms. The van der Waals surface area contributed by atoms with E-state index in [9.17, 15) is 18.0 Å². The van der Waals surface area contributed by atoms with E-state index in [1.807, 2.05) is 26.0 Å². The number of carbonyl (C=O) groups excluding carboxylic acids is 2. The van der Waals surface area contributed by atoms with Crippen LogP contribution in [0.5, 0.6) is 0 Å². The molecular formula is C24H32ClN3O4S.